The minimum absolute atomic E-state index is 0.145. The van der Waals surface area contributed by atoms with Crippen LogP contribution in [0.3, 0.4) is 0 Å². The molecule has 0 aliphatic heterocycles. The number of hydrogen-bond donors (Lipinski definition) is 0. The molecular formula is C19H34F6O3. The Morgan fingerprint density at radius 1 is 0.714 bits per heavy atom. The summed E-state index contributed by atoms with van der Waals surface area (Å²) in [5.74, 6) is -7.95. The van der Waals surface area contributed by atoms with Gasteiger partial charge in [-0.3, -0.25) is 0 Å². The molecule has 0 heterocycles. The Kier molecular flexibility index (Phi) is 12.7. The van der Waals surface area contributed by atoms with Gasteiger partial charge in [0, 0.05) is 27.8 Å². The molecule has 0 saturated heterocycles. The van der Waals surface area contributed by atoms with E-state index in [-0.39, 0.29) is 6.42 Å². The van der Waals surface area contributed by atoms with Crippen molar-refractivity contribution in [1.29, 1.82) is 0 Å². The minimum Gasteiger partial charge on any atom is -0.330 e. The van der Waals surface area contributed by atoms with E-state index < -0.39 is 49.4 Å². The van der Waals surface area contributed by atoms with Crippen molar-refractivity contribution in [2.45, 2.75) is 95.4 Å². The summed E-state index contributed by atoms with van der Waals surface area (Å²) in [7, 11) is 3.32. The molecule has 0 aromatic carbocycles. The lowest BCUT2D eigenvalue weighted by molar-refractivity contribution is -0.406. The molecule has 28 heavy (non-hydrogen) atoms. The number of halogens is 6. The topological polar surface area (TPSA) is 27.7 Å². The van der Waals surface area contributed by atoms with Crippen molar-refractivity contribution in [3.05, 3.63) is 0 Å². The molecule has 0 fully saturated rings. The first-order valence-electron chi connectivity index (χ1n) is 9.74. The molecule has 0 aliphatic rings. The van der Waals surface area contributed by atoms with Crippen molar-refractivity contribution in [2.75, 3.05) is 21.3 Å². The highest BCUT2D eigenvalue weighted by atomic mass is 19.4. The van der Waals surface area contributed by atoms with Crippen LogP contribution >= 0.6 is 0 Å². The smallest absolute Gasteiger partial charge is 0.330 e. The normalized spacial score (nSPS) is 15.6. The summed E-state index contributed by atoms with van der Waals surface area (Å²) in [4.78, 5) is 0. The van der Waals surface area contributed by atoms with Crippen molar-refractivity contribution in [3.8, 4) is 0 Å². The van der Waals surface area contributed by atoms with Gasteiger partial charge in [-0.1, -0.05) is 45.4 Å². The summed E-state index contributed by atoms with van der Waals surface area (Å²) in [6.45, 7) is 2.06. The average molecular weight is 424 g/mol. The predicted octanol–water partition coefficient (Wildman–Crippen LogP) is 6.65. The second kappa shape index (κ2) is 12.9. The first kappa shape index (κ1) is 27.5. The predicted molar refractivity (Wildman–Crippen MR) is 95.0 cm³/mol. The van der Waals surface area contributed by atoms with Gasteiger partial charge in [0.2, 0.25) is 0 Å². The van der Waals surface area contributed by atoms with Gasteiger partial charge in [-0.05, 0) is 19.3 Å². The van der Waals surface area contributed by atoms with Gasteiger partial charge in [-0.15, -0.1) is 0 Å². The van der Waals surface area contributed by atoms with Gasteiger partial charge in [0.05, 0.1) is 0 Å². The molecule has 0 aliphatic carbocycles. The van der Waals surface area contributed by atoms with Gasteiger partial charge in [0.15, 0.2) is 6.17 Å². The van der Waals surface area contributed by atoms with Crippen LogP contribution in [0.4, 0.5) is 26.3 Å². The number of ether oxygens (including phenoxy) is 3. The van der Waals surface area contributed by atoms with E-state index in [1.165, 1.54) is 0 Å². The fraction of sp³-hybridized carbons (Fsp3) is 1.00. The Morgan fingerprint density at radius 3 is 1.68 bits per heavy atom. The van der Waals surface area contributed by atoms with Crippen molar-refractivity contribution >= 4 is 0 Å². The SMILES string of the molecule is CCCCCCCCC(C(OC)(OC)OC)C(F)(F)C(F)CCCC(F)(F)F. The van der Waals surface area contributed by atoms with E-state index in [1.54, 1.807) is 0 Å². The first-order chi connectivity index (χ1) is 13.0. The van der Waals surface area contributed by atoms with Crippen LogP contribution in [0.5, 0.6) is 0 Å². The van der Waals surface area contributed by atoms with Crippen molar-refractivity contribution in [2.24, 2.45) is 5.92 Å². The molecule has 0 aromatic heterocycles. The van der Waals surface area contributed by atoms with Crippen LogP contribution in [0, 0.1) is 5.92 Å². The maximum Gasteiger partial charge on any atom is 0.389 e. The Balaban J connectivity index is 5.17. The Hall–Kier alpha value is -0.540. The van der Waals surface area contributed by atoms with E-state index in [0.29, 0.717) is 12.8 Å². The summed E-state index contributed by atoms with van der Waals surface area (Å²) in [5, 5.41) is 0. The Morgan fingerprint density at radius 2 is 1.21 bits per heavy atom. The molecule has 0 spiro atoms. The highest BCUT2D eigenvalue weighted by Crippen LogP contribution is 2.44. The van der Waals surface area contributed by atoms with Crippen LogP contribution in [0.2, 0.25) is 0 Å². The first-order valence-corrected chi connectivity index (χ1v) is 9.74. The average Bonchev–Trinajstić information content (AvgIpc) is 2.63. The molecule has 3 nitrogen and oxygen atoms in total. The molecule has 0 rings (SSSR count). The summed E-state index contributed by atoms with van der Waals surface area (Å²) >= 11 is 0. The van der Waals surface area contributed by atoms with Crippen LogP contribution in [0.25, 0.3) is 0 Å². The van der Waals surface area contributed by atoms with E-state index in [0.717, 1.165) is 47.0 Å². The lowest BCUT2D eigenvalue weighted by Gasteiger charge is -2.41. The lowest BCUT2D eigenvalue weighted by Crippen LogP contribution is -2.55. The second-order valence-electron chi connectivity index (χ2n) is 6.97. The highest BCUT2D eigenvalue weighted by molar-refractivity contribution is 4.90. The molecule has 0 amide bonds. The van der Waals surface area contributed by atoms with E-state index in [4.69, 9.17) is 14.2 Å². The van der Waals surface area contributed by atoms with Crippen molar-refractivity contribution in [3.63, 3.8) is 0 Å². The summed E-state index contributed by atoms with van der Waals surface area (Å²) in [5.41, 5.74) is 0. The van der Waals surface area contributed by atoms with Crippen LogP contribution in [0.1, 0.15) is 71.1 Å². The lowest BCUT2D eigenvalue weighted by atomic mass is 9.87. The molecule has 2 atom stereocenters. The van der Waals surface area contributed by atoms with Crippen LogP contribution in [-0.4, -0.2) is 45.6 Å². The summed E-state index contributed by atoms with van der Waals surface area (Å²) in [6, 6.07) is 0. The maximum absolute atomic E-state index is 14.9. The van der Waals surface area contributed by atoms with Gasteiger partial charge in [-0.25, -0.2) is 13.2 Å². The van der Waals surface area contributed by atoms with E-state index in [9.17, 15) is 26.3 Å². The quantitative estimate of drug-likeness (QED) is 0.158. The highest BCUT2D eigenvalue weighted by Gasteiger charge is 2.58. The summed E-state index contributed by atoms with van der Waals surface area (Å²) in [6.07, 6.45) is -5.39. The molecule has 0 N–H and O–H groups in total. The number of unbranched alkanes of at least 4 members (excludes halogenated alkanes) is 5. The van der Waals surface area contributed by atoms with Crippen molar-refractivity contribution in [1.82, 2.24) is 0 Å². The number of hydrogen-bond acceptors (Lipinski definition) is 3. The third-order valence-electron chi connectivity index (χ3n) is 4.93. The largest absolute Gasteiger partial charge is 0.389 e. The molecule has 0 aromatic rings. The Bertz CT molecular complexity index is 391. The van der Waals surface area contributed by atoms with Crippen molar-refractivity contribution < 1.29 is 40.6 Å². The summed E-state index contributed by atoms with van der Waals surface area (Å²) < 4.78 is 95.9. The molecule has 170 valence electrons. The maximum atomic E-state index is 14.9. The fourth-order valence-electron chi connectivity index (χ4n) is 3.30. The number of rotatable bonds is 16. The molecule has 0 saturated carbocycles. The standard InChI is InChI=1S/C19H34F6O3/c1-5-6-7-8-9-10-12-15(19(26-2,27-3)28-4)18(24,25)16(20)13-11-14-17(21,22)23/h15-16H,5-14H2,1-4H3. The van der Waals surface area contributed by atoms with Gasteiger partial charge in [-0.2, -0.15) is 13.2 Å². The van der Waals surface area contributed by atoms with Crippen LogP contribution in [0.15, 0.2) is 0 Å². The molecule has 0 bridgehead atoms. The zero-order chi connectivity index (χ0) is 21.8. The minimum atomic E-state index is -4.51. The van der Waals surface area contributed by atoms with Gasteiger partial charge in [0.25, 0.3) is 11.9 Å². The second-order valence-corrected chi connectivity index (χ2v) is 6.97. The number of methoxy groups -OCH3 is 3. The molecule has 9 heteroatoms. The zero-order valence-corrected chi connectivity index (χ0v) is 17.2. The van der Waals surface area contributed by atoms with E-state index in [1.807, 2.05) is 0 Å². The molecule has 2 unspecified atom stereocenters. The zero-order valence-electron chi connectivity index (χ0n) is 17.2. The number of alkyl halides is 6. The van der Waals surface area contributed by atoms with E-state index >= 15 is 0 Å². The fourth-order valence-corrected chi connectivity index (χ4v) is 3.30. The van der Waals surface area contributed by atoms with Crippen LogP contribution < -0.4 is 0 Å². The van der Waals surface area contributed by atoms with Gasteiger partial charge >= 0.3 is 6.18 Å². The van der Waals surface area contributed by atoms with Crippen LogP contribution in [-0.2, 0) is 14.2 Å². The van der Waals surface area contributed by atoms with Gasteiger partial charge in [0.1, 0.15) is 5.92 Å². The third-order valence-corrected chi connectivity index (χ3v) is 4.93. The van der Waals surface area contributed by atoms with Gasteiger partial charge < -0.3 is 14.2 Å². The Labute approximate surface area is 164 Å². The molecule has 0 radical (unpaired) electrons. The molecular weight excluding hydrogens is 390 g/mol. The third kappa shape index (κ3) is 8.86. The monoisotopic (exact) mass is 424 g/mol. The van der Waals surface area contributed by atoms with E-state index in [2.05, 4.69) is 6.92 Å².